The predicted molar refractivity (Wildman–Crippen MR) is 72.9 cm³/mol. The van der Waals surface area contributed by atoms with Crippen LogP contribution in [0, 0.1) is 13.8 Å². The number of Topliss-reactive ketones (excluding diaryl/α,β-unsaturated/α-hetero) is 1. The van der Waals surface area contributed by atoms with Gasteiger partial charge in [-0.15, -0.1) is 0 Å². The molecule has 0 aliphatic heterocycles. The summed E-state index contributed by atoms with van der Waals surface area (Å²) in [6.45, 7) is 4.01. The molecular formula is C15H16OS. The lowest BCUT2D eigenvalue weighted by Gasteiger charge is -2.07. The minimum atomic E-state index is 0.256. The number of hydrogen-bond acceptors (Lipinski definition) is 2. The number of carbonyl (C=O) groups is 1. The second kappa shape index (κ2) is 5.28. The number of carbonyl (C=O) groups excluding carboxylic acids is 1. The Morgan fingerprint density at radius 2 is 1.88 bits per heavy atom. The van der Waals surface area contributed by atoms with Gasteiger partial charge >= 0.3 is 0 Å². The summed E-state index contributed by atoms with van der Waals surface area (Å²) in [6.07, 6.45) is 1.44. The van der Waals surface area contributed by atoms with Crippen molar-refractivity contribution in [3.05, 3.63) is 57.3 Å². The Kier molecular flexibility index (Phi) is 3.75. The van der Waals surface area contributed by atoms with E-state index in [0.717, 1.165) is 23.1 Å². The van der Waals surface area contributed by atoms with Crippen molar-refractivity contribution >= 4 is 17.1 Å². The zero-order valence-electron chi connectivity index (χ0n) is 10.2. The molecule has 0 amide bonds. The van der Waals surface area contributed by atoms with Crippen LogP contribution >= 0.6 is 11.3 Å². The standard InChI is InChI=1S/C15H16OS/c1-11-4-3-5-12(2)15(11)14(16)7-6-13-8-9-17-10-13/h3-5,8-10H,6-7H2,1-2H3. The van der Waals surface area contributed by atoms with Crippen molar-refractivity contribution in [1.29, 1.82) is 0 Å². The second-order valence-corrected chi connectivity index (χ2v) is 5.10. The molecule has 2 rings (SSSR count). The molecule has 0 saturated carbocycles. The van der Waals surface area contributed by atoms with Crippen LogP contribution in [0.3, 0.4) is 0 Å². The van der Waals surface area contributed by atoms with Gasteiger partial charge in [0, 0.05) is 12.0 Å². The molecule has 0 unspecified atom stereocenters. The lowest BCUT2D eigenvalue weighted by atomic mass is 9.96. The highest BCUT2D eigenvalue weighted by Crippen LogP contribution is 2.17. The van der Waals surface area contributed by atoms with Crippen LogP contribution in [-0.2, 0) is 6.42 Å². The summed E-state index contributed by atoms with van der Waals surface area (Å²) in [5.74, 6) is 0.256. The monoisotopic (exact) mass is 244 g/mol. The van der Waals surface area contributed by atoms with E-state index in [-0.39, 0.29) is 5.78 Å². The molecule has 0 saturated heterocycles. The first-order valence-electron chi connectivity index (χ1n) is 5.79. The van der Waals surface area contributed by atoms with Crippen LogP contribution in [0.1, 0.15) is 33.5 Å². The van der Waals surface area contributed by atoms with Crippen molar-refractivity contribution in [3.63, 3.8) is 0 Å². The van der Waals surface area contributed by atoms with Crippen LogP contribution < -0.4 is 0 Å². The molecule has 0 fully saturated rings. The van der Waals surface area contributed by atoms with Crippen molar-refractivity contribution in [2.24, 2.45) is 0 Å². The average molecular weight is 244 g/mol. The summed E-state index contributed by atoms with van der Waals surface area (Å²) in [5, 5.41) is 4.16. The summed E-state index contributed by atoms with van der Waals surface area (Å²) < 4.78 is 0. The van der Waals surface area contributed by atoms with Crippen LogP contribution in [0.4, 0.5) is 0 Å². The van der Waals surface area contributed by atoms with Gasteiger partial charge in [0.05, 0.1) is 0 Å². The van der Waals surface area contributed by atoms with E-state index in [1.807, 2.05) is 32.0 Å². The smallest absolute Gasteiger partial charge is 0.163 e. The molecule has 0 aliphatic rings. The van der Waals surface area contributed by atoms with Crippen molar-refractivity contribution in [2.45, 2.75) is 26.7 Å². The van der Waals surface area contributed by atoms with Crippen LogP contribution in [0.25, 0.3) is 0 Å². The van der Waals surface area contributed by atoms with E-state index < -0.39 is 0 Å². The highest BCUT2D eigenvalue weighted by molar-refractivity contribution is 7.07. The molecule has 0 aliphatic carbocycles. The summed E-state index contributed by atoms with van der Waals surface area (Å²) in [4.78, 5) is 12.2. The van der Waals surface area contributed by atoms with E-state index in [1.54, 1.807) is 11.3 Å². The third-order valence-electron chi connectivity index (χ3n) is 2.98. The van der Waals surface area contributed by atoms with E-state index in [1.165, 1.54) is 5.56 Å². The molecule has 1 aromatic heterocycles. The minimum Gasteiger partial charge on any atom is -0.294 e. The normalized spacial score (nSPS) is 10.5. The maximum absolute atomic E-state index is 12.2. The fourth-order valence-corrected chi connectivity index (χ4v) is 2.78. The lowest BCUT2D eigenvalue weighted by molar-refractivity contribution is 0.0981. The first-order chi connectivity index (χ1) is 8.18. The molecule has 1 aromatic carbocycles. The van der Waals surface area contributed by atoms with E-state index in [4.69, 9.17) is 0 Å². The number of hydrogen-bond donors (Lipinski definition) is 0. The van der Waals surface area contributed by atoms with Gasteiger partial charge in [0.15, 0.2) is 5.78 Å². The molecule has 2 heteroatoms. The lowest BCUT2D eigenvalue weighted by Crippen LogP contribution is -2.05. The highest BCUT2D eigenvalue weighted by Gasteiger charge is 2.11. The summed E-state index contributed by atoms with van der Waals surface area (Å²) in [6, 6.07) is 8.10. The van der Waals surface area contributed by atoms with Gasteiger partial charge in [-0.3, -0.25) is 4.79 Å². The van der Waals surface area contributed by atoms with Gasteiger partial charge in [-0.05, 0) is 53.8 Å². The van der Waals surface area contributed by atoms with Crippen LogP contribution in [0.15, 0.2) is 35.0 Å². The van der Waals surface area contributed by atoms with E-state index in [2.05, 4.69) is 16.8 Å². The Bertz CT molecular complexity index is 491. The molecule has 1 heterocycles. The zero-order valence-corrected chi connectivity index (χ0v) is 11.0. The Morgan fingerprint density at radius 1 is 1.18 bits per heavy atom. The largest absolute Gasteiger partial charge is 0.294 e. The van der Waals surface area contributed by atoms with Crippen molar-refractivity contribution in [2.75, 3.05) is 0 Å². The van der Waals surface area contributed by atoms with Crippen LogP contribution in [-0.4, -0.2) is 5.78 Å². The average Bonchev–Trinajstić information content (AvgIpc) is 2.79. The zero-order chi connectivity index (χ0) is 12.3. The minimum absolute atomic E-state index is 0.256. The number of aryl methyl sites for hydroxylation is 3. The van der Waals surface area contributed by atoms with E-state index >= 15 is 0 Å². The number of benzene rings is 1. The van der Waals surface area contributed by atoms with E-state index in [0.29, 0.717) is 6.42 Å². The van der Waals surface area contributed by atoms with Gasteiger partial charge in [0.1, 0.15) is 0 Å². The number of thiophene rings is 1. The quantitative estimate of drug-likeness (QED) is 0.737. The maximum atomic E-state index is 12.2. The molecule has 0 radical (unpaired) electrons. The van der Waals surface area contributed by atoms with Gasteiger partial charge in [0.2, 0.25) is 0 Å². The van der Waals surface area contributed by atoms with Crippen molar-refractivity contribution < 1.29 is 4.79 Å². The molecule has 0 bridgehead atoms. The molecule has 17 heavy (non-hydrogen) atoms. The third kappa shape index (κ3) is 2.83. The summed E-state index contributed by atoms with van der Waals surface area (Å²) in [7, 11) is 0. The fourth-order valence-electron chi connectivity index (χ4n) is 2.07. The first-order valence-corrected chi connectivity index (χ1v) is 6.73. The predicted octanol–water partition coefficient (Wildman–Crippen LogP) is 4.18. The van der Waals surface area contributed by atoms with Crippen molar-refractivity contribution in [1.82, 2.24) is 0 Å². The maximum Gasteiger partial charge on any atom is 0.163 e. The SMILES string of the molecule is Cc1cccc(C)c1C(=O)CCc1ccsc1. The van der Waals surface area contributed by atoms with Gasteiger partial charge in [-0.25, -0.2) is 0 Å². The molecule has 88 valence electrons. The summed E-state index contributed by atoms with van der Waals surface area (Å²) >= 11 is 1.68. The molecule has 2 aromatic rings. The molecule has 0 N–H and O–H groups in total. The molecule has 1 nitrogen and oxygen atoms in total. The number of ketones is 1. The fraction of sp³-hybridized carbons (Fsp3) is 0.267. The van der Waals surface area contributed by atoms with Gasteiger partial charge in [-0.2, -0.15) is 11.3 Å². The van der Waals surface area contributed by atoms with Gasteiger partial charge < -0.3 is 0 Å². The topological polar surface area (TPSA) is 17.1 Å². The third-order valence-corrected chi connectivity index (χ3v) is 3.71. The van der Waals surface area contributed by atoms with Crippen molar-refractivity contribution in [3.8, 4) is 0 Å². The first kappa shape index (κ1) is 12.1. The van der Waals surface area contributed by atoms with Gasteiger partial charge in [-0.1, -0.05) is 18.2 Å². The van der Waals surface area contributed by atoms with E-state index in [9.17, 15) is 4.79 Å². The summed E-state index contributed by atoms with van der Waals surface area (Å²) in [5.41, 5.74) is 4.33. The highest BCUT2D eigenvalue weighted by atomic mass is 32.1. The molecule has 0 spiro atoms. The van der Waals surface area contributed by atoms with Gasteiger partial charge in [0.25, 0.3) is 0 Å². The molecule has 0 atom stereocenters. The Balaban J connectivity index is 2.10. The Labute approximate surface area is 106 Å². The Hall–Kier alpha value is -1.41. The second-order valence-electron chi connectivity index (χ2n) is 4.32. The van der Waals surface area contributed by atoms with Crippen LogP contribution in [0.2, 0.25) is 0 Å². The molecular weight excluding hydrogens is 228 g/mol. The number of rotatable bonds is 4. The Morgan fingerprint density at radius 3 is 2.47 bits per heavy atom. The van der Waals surface area contributed by atoms with Crippen LogP contribution in [0.5, 0.6) is 0 Å².